The number of thiazole rings is 1. The van der Waals surface area contributed by atoms with Crippen LogP contribution in [0, 0.1) is 0 Å². The first-order valence-corrected chi connectivity index (χ1v) is 11.6. The van der Waals surface area contributed by atoms with Crippen molar-refractivity contribution >= 4 is 50.0 Å². The Morgan fingerprint density at radius 3 is 2.26 bits per heavy atom. The monoisotopic (exact) mass is 488 g/mol. The summed E-state index contributed by atoms with van der Waals surface area (Å²) in [5.41, 5.74) is 4.40. The SMILES string of the molecule is CCc1sc(NC(=O)/C(=C/c2ccccc2)c2ccccc2)nc1-c1ccc(Br)cc1. The van der Waals surface area contributed by atoms with Crippen molar-refractivity contribution in [3.05, 3.63) is 105 Å². The van der Waals surface area contributed by atoms with Crippen LogP contribution >= 0.6 is 27.3 Å². The summed E-state index contributed by atoms with van der Waals surface area (Å²) >= 11 is 5.00. The summed E-state index contributed by atoms with van der Waals surface area (Å²) < 4.78 is 1.02. The van der Waals surface area contributed by atoms with Crippen molar-refractivity contribution < 1.29 is 4.79 Å². The molecule has 0 spiro atoms. The maximum absolute atomic E-state index is 13.3. The van der Waals surface area contributed by atoms with Crippen LogP contribution in [0.4, 0.5) is 5.13 Å². The van der Waals surface area contributed by atoms with Gasteiger partial charge in [-0.1, -0.05) is 95.7 Å². The van der Waals surface area contributed by atoms with Gasteiger partial charge in [0.1, 0.15) is 0 Å². The standard InChI is InChI=1S/C26H21BrN2OS/c1-2-23-24(20-13-15-21(27)16-14-20)28-26(31-23)29-25(30)22(19-11-7-4-8-12-19)17-18-9-5-3-6-10-18/h3-17H,2H2,1H3,(H,28,29,30)/b22-17+. The van der Waals surface area contributed by atoms with Gasteiger partial charge in [0.05, 0.1) is 5.69 Å². The average molecular weight is 489 g/mol. The fraction of sp³-hybridized carbons (Fsp3) is 0.0769. The third kappa shape index (κ3) is 5.19. The minimum absolute atomic E-state index is 0.172. The Morgan fingerprint density at radius 2 is 1.61 bits per heavy atom. The summed E-state index contributed by atoms with van der Waals surface area (Å²) in [6, 6.07) is 27.6. The van der Waals surface area contributed by atoms with Gasteiger partial charge in [0.2, 0.25) is 0 Å². The summed E-state index contributed by atoms with van der Waals surface area (Å²) in [4.78, 5) is 19.2. The molecule has 0 radical (unpaired) electrons. The number of carbonyl (C=O) groups is 1. The van der Waals surface area contributed by atoms with Gasteiger partial charge in [0.15, 0.2) is 5.13 Å². The van der Waals surface area contributed by atoms with Gasteiger partial charge in [-0.05, 0) is 35.8 Å². The Hall–Kier alpha value is -3.02. The number of aryl methyl sites for hydroxylation is 1. The fourth-order valence-corrected chi connectivity index (χ4v) is 4.44. The largest absolute Gasteiger partial charge is 0.298 e. The average Bonchev–Trinajstić information content (AvgIpc) is 3.22. The number of rotatable bonds is 6. The normalized spacial score (nSPS) is 11.4. The first-order valence-electron chi connectivity index (χ1n) is 10.0. The highest BCUT2D eigenvalue weighted by molar-refractivity contribution is 9.10. The van der Waals surface area contributed by atoms with E-state index in [0.29, 0.717) is 10.7 Å². The van der Waals surface area contributed by atoms with Crippen LogP contribution in [-0.2, 0) is 11.2 Å². The van der Waals surface area contributed by atoms with E-state index in [1.165, 1.54) is 11.3 Å². The van der Waals surface area contributed by atoms with E-state index < -0.39 is 0 Å². The third-order valence-electron chi connectivity index (χ3n) is 4.80. The highest BCUT2D eigenvalue weighted by Crippen LogP contribution is 2.33. The molecule has 0 aliphatic carbocycles. The summed E-state index contributed by atoms with van der Waals surface area (Å²) in [6.45, 7) is 2.10. The number of anilines is 1. The van der Waals surface area contributed by atoms with Gasteiger partial charge >= 0.3 is 0 Å². The second-order valence-electron chi connectivity index (χ2n) is 6.94. The van der Waals surface area contributed by atoms with Crippen LogP contribution in [0.15, 0.2) is 89.4 Å². The number of hydrogen-bond acceptors (Lipinski definition) is 3. The van der Waals surface area contributed by atoms with Crippen LogP contribution in [0.2, 0.25) is 0 Å². The van der Waals surface area contributed by atoms with Crippen LogP contribution < -0.4 is 5.32 Å². The zero-order chi connectivity index (χ0) is 21.6. The number of benzene rings is 3. The number of amides is 1. The van der Waals surface area contributed by atoms with Crippen LogP contribution in [0.25, 0.3) is 22.9 Å². The number of hydrogen-bond donors (Lipinski definition) is 1. The molecule has 0 aliphatic rings. The molecule has 1 aromatic heterocycles. The van der Waals surface area contributed by atoms with Crippen molar-refractivity contribution in [2.24, 2.45) is 0 Å². The molecule has 1 N–H and O–H groups in total. The smallest absolute Gasteiger partial charge is 0.258 e. The minimum atomic E-state index is -0.172. The van der Waals surface area contributed by atoms with Crippen LogP contribution in [0.5, 0.6) is 0 Å². The van der Waals surface area contributed by atoms with Crippen LogP contribution in [0.1, 0.15) is 22.9 Å². The summed E-state index contributed by atoms with van der Waals surface area (Å²) in [5, 5.41) is 3.63. The lowest BCUT2D eigenvalue weighted by Gasteiger charge is -2.08. The van der Waals surface area contributed by atoms with Crippen molar-refractivity contribution in [3.63, 3.8) is 0 Å². The molecule has 0 saturated heterocycles. The lowest BCUT2D eigenvalue weighted by molar-refractivity contribution is -0.111. The topological polar surface area (TPSA) is 42.0 Å². The summed E-state index contributed by atoms with van der Waals surface area (Å²) in [6.07, 6.45) is 2.76. The van der Waals surface area contributed by atoms with Gasteiger partial charge in [0, 0.05) is 20.5 Å². The molecule has 1 amide bonds. The molecule has 31 heavy (non-hydrogen) atoms. The van der Waals surface area contributed by atoms with E-state index >= 15 is 0 Å². The van der Waals surface area contributed by atoms with E-state index in [4.69, 9.17) is 4.98 Å². The number of halogens is 1. The highest BCUT2D eigenvalue weighted by atomic mass is 79.9. The molecule has 0 aliphatic heterocycles. The predicted molar refractivity (Wildman–Crippen MR) is 134 cm³/mol. The Labute approximate surface area is 194 Å². The predicted octanol–water partition coefficient (Wildman–Crippen LogP) is 7.31. The van der Waals surface area contributed by atoms with Gasteiger partial charge in [-0.25, -0.2) is 4.98 Å². The number of carbonyl (C=O) groups excluding carboxylic acids is 1. The van der Waals surface area contributed by atoms with Crippen molar-refractivity contribution in [2.75, 3.05) is 5.32 Å². The Kier molecular flexibility index (Phi) is 6.75. The van der Waals surface area contributed by atoms with Crippen molar-refractivity contribution in [3.8, 4) is 11.3 Å². The van der Waals surface area contributed by atoms with E-state index in [9.17, 15) is 4.79 Å². The molecule has 4 aromatic rings. The van der Waals surface area contributed by atoms with E-state index in [2.05, 4.69) is 28.2 Å². The number of nitrogens with one attached hydrogen (secondary N) is 1. The zero-order valence-electron chi connectivity index (χ0n) is 17.0. The first-order chi connectivity index (χ1) is 15.1. The molecule has 0 bridgehead atoms. The molecule has 0 saturated carbocycles. The van der Waals surface area contributed by atoms with E-state index in [1.807, 2.05) is 91.0 Å². The lowest BCUT2D eigenvalue weighted by atomic mass is 10.0. The van der Waals surface area contributed by atoms with Gasteiger partial charge in [-0.2, -0.15) is 0 Å². The molecule has 5 heteroatoms. The number of aromatic nitrogens is 1. The zero-order valence-corrected chi connectivity index (χ0v) is 19.4. The van der Waals surface area contributed by atoms with Crippen LogP contribution in [0.3, 0.4) is 0 Å². The first kappa shape index (κ1) is 21.2. The van der Waals surface area contributed by atoms with Gasteiger partial charge in [-0.15, -0.1) is 11.3 Å². The molecule has 1 heterocycles. The molecule has 0 fully saturated rings. The maximum atomic E-state index is 13.3. The number of nitrogens with zero attached hydrogens (tertiary/aromatic N) is 1. The summed E-state index contributed by atoms with van der Waals surface area (Å²) in [5.74, 6) is -0.172. The minimum Gasteiger partial charge on any atom is -0.298 e. The third-order valence-corrected chi connectivity index (χ3v) is 6.44. The van der Waals surface area contributed by atoms with Crippen LogP contribution in [-0.4, -0.2) is 10.9 Å². The Bertz CT molecular complexity index is 1200. The summed E-state index contributed by atoms with van der Waals surface area (Å²) in [7, 11) is 0. The molecule has 0 unspecified atom stereocenters. The molecule has 3 nitrogen and oxygen atoms in total. The second kappa shape index (κ2) is 9.86. The van der Waals surface area contributed by atoms with Gasteiger partial charge in [-0.3, -0.25) is 10.1 Å². The highest BCUT2D eigenvalue weighted by Gasteiger charge is 2.17. The molecular weight excluding hydrogens is 468 g/mol. The lowest BCUT2D eigenvalue weighted by Crippen LogP contribution is -2.13. The molecule has 0 atom stereocenters. The molecule has 3 aromatic carbocycles. The maximum Gasteiger partial charge on any atom is 0.258 e. The fourth-order valence-electron chi connectivity index (χ4n) is 3.26. The van der Waals surface area contributed by atoms with E-state index in [0.717, 1.165) is 38.2 Å². The van der Waals surface area contributed by atoms with Crippen molar-refractivity contribution in [2.45, 2.75) is 13.3 Å². The van der Waals surface area contributed by atoms with Gasteiger partial charge < -0.3 is 0 Å². The van der Waals surface area contributed by atoms with E-state index in [1.54, 1.807) is 0 Å². The second-order valence-corrected chi connectivity index (χ2v) is 8.94. The molecular formula is C26H21BrN2OS. The van der Waals surface area contributed by atoms with E-state index in [-0.39, 0.29) is 5.91 Å². The molecule has 4 rings (SSSR count). The van der Waals surface area contributed by atoms with Gasteiger partial charge in [0.25, 0.3) is 5.91 Å². The quantitative estimate of drug-likeness (QED) is 0.228. The Morgan fingerprint density at radius 1 is 0.968 bits per heavy atom. The van der Waals surface area contributed by atoms with Crippen molar-refractivity contribution in [1.82, 2.24) is 4.98 Å². The Balaban J connectivity index is 1.66. The van der Waals surface area contributed by atoms with Crippen molar-refractivity contribution in [1.29, 1.82) is 0 Å². The molecule has 154 valence electrons.